The van der Waals surface area contributed by atoms with Gasteiger partial charge in [-0.05, 0) is 30.7 Å². The van der Waals surface area contributed by atoms with E-state index in [0.717, 1.165) is 5.56 Å². The Labute approximate surface area is 105 Å². The first-order valence-corrected chi connectivity index (χ1v) is 5.62. The SMILES string of the molecule is Cc1cc(CO)oc1COC(=O)c1ccccc1. The van der Waals surface area contributed by atoms with Gasteiger partial charge in [-0.1, -0.05) is 18.2 Å². The van der Waals surface area contributed by atoms with Gasteiger partial charge in [-0.15, -0.1) is 0 Å². The summed E-state index contributed by atoms with van der Waals surface area (Å²) in [6.07, 6.45) is 0. The molecule has 4 nitrogen and oxygen atoms in total. The number of benzene rings is 1. The molecule has 0 unspecified atom stereocenters. The third kappa shape index (κ3) is 2.78. The first kappa shape index (κ1) is 12.4. The van der Waals surface area contributed by atoms with Crippen LogP contribution in [0.5, 0.6) is 0 Å². The van der Waals surface area contributed by atoms with Gasteiger partial charge in [0, 0.05) is 0 Å². The molecule has 2 rings (SSSR count). The van der Waals surface area contributed by atoms with Crippen molar-refractivity contribution in [2.45, 2.75) is 20.1 Å². The van der Waals surface area contributed by atoms with Gasteiger partial charge in [-0.25, -0.2) is 4.79 Å². The van der Waals surface area contributed by atoms with Crippen molar-refractivity contribution >= 4 is 5.97 Å². The average molecular weight is 246 g/mol. The van der Waals surface area contributed by atoms with E-state index in [2.05, 4.69) is 0 Å². The highest BCUT2D eigenvalue weighted by molar-refractivity contribution is 5.89. The summed E-state index contributed by atoms with van der Waals surface area (Å²) in [7, 11) is 0. The monoisotopic (exact) mass is 246 g/mol. The Morgan fingerprint density at radius 1 is 1.33 bits per heavy atom. The van der Waals surface area contributed by atoms with Crippen molar-refractivity contribution in [2.24, 2.45) is 0 Å². The van der Waals surface area contributed by atoms with Crippen molar-refractivity contribution in [1.29, 1.82) is 0 Å². The molecule has 1 heterocycles. The molecular formula is C14H14O4. The minimum Gasteiger partial charge on any atom is -0.460 e. The van der Waals surface area contributed by atoms with Gasteiger partial charge >= 0.3 is 5.97 Å². The molecule has 94 valence electrons. The van der Waals surface area contributed by atoms with Crippen LogP contribution in [-0.2, 0) is 18.0 Å². The molecule has 0 bridgehead atoms. The number of hydrogen-bond acceptors (Lipinski definition) is 4. The van der Waals surface area contributed by atoms with Crippen molar-refractivity contribution in [2.75, 3.05) is 0 Å². The number of esters is 1. The average Bonchev–Trinajstić information content (AvgIpc) is 2.77. The Morgan fingerprint density at radius 3 is 2.67 bits per heavy atom. The molecule has 0 spiro atoms. The van der Waals surface area contributed by atoms with Crippen LogP contribution in [0, 0.1) is 6.92 Å². The predicted octanol–water partition coefficient (Wildman–Crippen LogP) is 2.44. The van der Waals surface area contributed by atoms with Crippen molar-refractivity contribution < 1.29 is 19.1 Å². The molecule has 1 aromatic heterocycles. The van der Waals surface area contributed by atoms with Crippen LogP contribution in [0.25, 0.3) is 0 Å². The number of carbonyl (C=O) groups excluding carboxylic acids is 1. The second kappa shape index (κ2) is 5.51. The van der Waals surface area contributed by atoms with E-state index in [4.69, 9.17) is 14.3 Å². The lowest BCUT2D eigenvalue weighted by atomic mass is 10.2. The van der Waals surface area contributed by atoms with E-state index in [1.807, 2.05) is 13.0 Å². The summed E-state index contributed by atoms with van der Waals surface area (Å²) in [6.45, 7) is 1.75. The van der Waals surface area contributed by atoms with Gasteiger partial charge in [-0.3, -0.25) is 0 Å². The number of aryl methyl sites for hydroxylation is 1. The smallest absolute Gasteiger partial charge is 0.338 e. The molecule has 0 saturated carbocycles. The molecular weight excluding hydrogens is 232 g/mol. The third-order valence-electron chi connectivity index (χ3n) is 2.57. The Bertz CT molecular complexity index is 528. The van der Waals surface area contributed by atoms with Crippen LogP contribution in [0.2, 0.25) is 0 Å². The largest absolute Gasteiger partial charge is 0.460 e. The number of furan rings is 1. The van der Waals surface area contributed by atoms with Gasteiger partial charge in [0.25, 0.3) is 0 Å². The highest BCUT2D eigenvalue weighted by Gasteiger charge is 2.11. The van der Waals surface area contributed by atoms with Gasteiger partial charge < -0.3 is 14.3 Å². The van der Waals surface area contributed by atoms with Crippen LogP contribution in [-0.4, -0.2) is 11.1 Å². The summed E-state index contributed by atoms with van der Waals surface area (Å²) >= 11 is 0. The van der Waals surface area contributed by atoms with E-state index >= 15 is 0 Å². The standard InChI is InChI=1S/C14H14O4/c1-10-7-12(8-15)18-13(10)9-17-14(16)11-5-3-2-4-6-11/h2-7,15H,8-9H2,1H3. The second-order valence-electron chi connectivity index (χ2n) is 3.92. The predicted molar refractivity (Wildman–Crippen MR) is 64.9 cm³/mol. The lowest BCUT2D eigenvalue weighted by molar-refractivity contribution is 0.0441. The number of ether oxygens (including phenoxy) is 1. The molecule has 18 heavy (non-hydrogen) atoms. The highest BCUT2D eigenvalue weighted by atomic mass is 16.5. The molecule has 0 aliphatic heterocycles. The maximum absolute atomic E-state index is 11.7. The highest BCUT2D eigenvalue weighted by Crippen LogP contribution is 2.16. The zero-order chi connectivity index (χ0) is 13.0. The minimum absolute atomic E-state index is 0.0690. The molecule has 0 atom stereocenters. The van der Waals surface area contributed by atoms with Crippen LogP contribution >= 0.6 is 0 Å². The van der Waals surface area contributed by atoms with E-state index in [1.54, 1.807) is 30.3 Å². The van der Waals surface area contributed by atoms with E-state index in [9.17, 15) is 4.79 Å². The summed E-state index contributed by atoms with van der Waals surface area (Å²) < 4.78 is 10.5. The minimum atomic E-state index is -0.392. The summed E-state index contributed by atoms with van der Waals surface area (Å²) in [5, 5.41) is 8.93. The van der Waals surface area contributed by atoms with Crippen molar-refractivity contribution in [3.05, 3.63) is 59.0 Å². The maximum atomic E-state index is 11.7. The Hall–Kier alpha value is -2.07. The normalized spacial score (nSPS) is 10.3. The van der Waals surface area contributed by atoms with Crippen LogP contribution in [0.1, 0.15) is 27.4 Å². The molecule has 4 heteroatoms. The Balaban J connectivity index is 1.99. The van der Waals surface area contributed by atoms with E-state index < -0.39 is 5.97 Å². The molecule has 1 aromatic carbocycles. The fourth-order valence-corrected chi connectivity index (χ4v) is 1.60. The molecule has 0 amide bonds. The Morgan fingerprint density at radius 2 is 2.06 bits per heavy atom. The maximum Gasteiger partial charge on any atom is 0.338 e. The first-order valence-electron chi connectivity index (χ1n) is 5.62. The summed E-state index contributed by atoms with van der Waals surface area (Å²) in [5.41, 5.74) is 1.36. The van der Waals surface area contributed by atoms with Crippen LogP contribution in [0.3, 0.4) is 0 Å². The summed E-state index contributed by atoms with van der Waals surface area (Å²) in [4.78, 5) is 11.7. The molecule has 0 aliphatic rings. The summed E-state index contributed by atoms with van der Waals surface area (Å²) in [5.74, 6) is 0.638. The lowest BCUT2D eigenvalue weighted by Gasteiger charge is -2.03. The topological polar surface area (TPSA) is 59.7 Å². The zero-order valence-electron chi connectivity index (χ0n) is 10.1. The third-order valence-corrected chi connectivity index (χ3v) is 2.57. The van der Waals surface area contributed by atoms with Crippen LogP contribution in [0.15, 0.2) is 40.8 Å². The molecule has 2 aromatic rings. The number of rotatable bonds is 4. The van der Waals surface area contributed by atoms with E-state index in [0.29, 0.717) is 17.1 Å². The van der Waals surface area contributed by atoms with Gasteiger partial charge in [-0.2, -0.15) is 0 Å². The van der Waals surface area contributed by atoms with Crippen molar-refractivity contribution in [3.8, 4) is 0 Å². The van der Waals surface area contributed by atoms with Crippen molar-refractivity contribution in [3.63, 3.8) is 0 Å². The van der Waals surface area contributed by atoms with Crippen molar-refractivity contribution in [1.82, 2.24) is 0 Å². The molecule has 0 aliphatic carbocycles. The fourth-order valence-electron chi connectivity index (χ4n) is 1.60. The lowest BCUT2D eigenvalue weighted by Crippen LogP contribution is -2.04. The second-order valence-corrected chi connectivity index (χ2v) is 3.92. The van der Waals surface area contributed by atoms with Crippen LogP contribution in [0.4, 0.5) is 0 Å². The zero-order valence-corrected chi connectivity index (χ0v) is 10.1. The van der Waals surface area contributed by atoms with E-state index in [1.165, 1.54) is 0 Å². The van der Waals surface area contributed by atoms with Gasteiger partial charge in [0.1, 0.15) is 24.7 Å². The molecule has 1 N–H and O–H groups in total. The quantitative estimate of drug-likeness (QED) is 0.842. The summed E-state index contributed by atoms with van der Waals surface area (Å²) in [6, 6.07) is 10.5. The van der Waals surface area contributed by atoms with Gasteiger partial charge in [0.2, 0.25) is 0 Å². The van der Waals surface area contributed by atoms with Crippen LogP contribution < -0.4 is 0 Å². The molecule has 0 saturated heterocycles. The Kier molecular flexibility index (Phi) is 3.79. The molecule has 0 radical (unpaired) electrons. The number of carbonyl (C=O) groups is 1. The number of aliphatic hydroxyl groups is 1. The number of hydrogen-bond donors (Lipinski definition) is 1. The fraction of sp³-hybridized carbons (Fsp3) is 0.214. The van der Waals surface area contributed by atoms with Gasteiger partial charge in [0.05, 0.1) is 5.56 Å². The first-order chi connectivity index (χ1) is 8.70. The molecule has 0 fully saturated rings. The van der Waals surface area contributed by atoms with E-state index in [-0.39, 0.29) is 13.2 Å². The van der Waals surface area contributed by atoms with Gasteiger partial charge in [0.15, 0.2) is 0 Å². The number of aliphatic hydroxyl groups excluding tert-OH is 1.